The van der Waals surface area contributed by atoms with Crippen molar-refractivity contribution in [3.8, 4) is 0 Å². The van der Waals surface area contributed by atoms with Gasteiger partial charge in [-0.1, -0.05) is 0 Å². The molecule has 1 aromatic rings. The molecule has 0 unspecified atom stereocenters. The number of nitrogens with zero attached hydrogens (tertiary/aromatic N) is 2. The molecular weight excluding hydrogens is 219 g/mol. The molecular formula is C10H10F3N3. The van der Waals surface area contributed by atoms with E-state index in [-0.39, 0.29) is 11.3 Å². The molecule has 0 heterocycles. The number of halogens is 3. The Morgan fingerprint density at radius 2 is 2.00 bits per heavy atom. The largest absolute Gasteiger partial charge is 0.416 e. The number of rotatable bonds is 2. The standard InChI is InChI=1S/C10H10F3N3/c1-6(16-15-2)8-5-7(10(11,12)13)3-4-9(8)14/h3-5H,2,14H2,1H3/b16-6-. The first-order valence-electron chi connectivity index (χ1n) is 4.33. The highest BCUT2D eigenvalue weighted by Crippen LogP contribution is 2.31. The predicted molar refractivity (Wildman–Crippen MR) is 57.6 cm³/mol. The Kier molecular flexibility index (Phi) is 3.31. The van der Waals surface area contributed by atoms with E-state index in [0.29, 0.717) is 5.71 Å². The molecule has 6 heteroatoms. The van der Waals surface area contributed by atoms with E-state index >= 15 is 0 Å². The van der Waals surface area contributed by atoms with Crippen LogP contribution in [-0.2, 0) is 6.18 Å². The van der Waals surface area contributed by atoms with Crippen LogP contribution >= 0.6 is 0 Å². The lowest BCUT2D eigenvalue weighted by Gasteiger charge is -2.10. The van der Waals surface area contributed by atoms with Crippen LogP contribution in [0.2, 0.25) is 0 Å². The second kappa shape index (κ2) is 4.34. The van der Waals surface area contributed by atoms with Gasteiger partial charge in [-0.25, -0.2) is 0 Å². The molecule has 0 aliphatic rings. The minimum absolute atomic E-state index is 0.210. The lowest BCUT2D eigenvalue weighted by Crippen LogP contribution is -2.08. The quantitative estimate of drug-likeness (QED) is 0.473. The Morgan fingerprint density at radius 3 is 2.50 bits per heavy atom. The third kappa shape index (κ3) is 2.59. The van der Waals surface area contributed by atoms with Gasteiger partial charge in [0.1, 0.15) is 0 Å². The summed E-state index contributed by atoms with van der Waals surface area (Å²) in [6.07, 6.45) is -4.40. The number of nitrogen functional groups attached to an aromatic ring is 1. The lowest BCUT2D eigenvalue weighted by atomic mass is 10.1. The zero-order valence-corrected chi connectivity index (χ0v) is 8.54. The molecule has 0 aliphatic carbocycles. The molecule has 0 saturated heterocycles. The summed E-state index contributed by atoms with van der Waals surface area (Å²) >= 11 is 0. The maximum atomic E-state index is 12.4. The summed E-state index contributed by atoms with van der Waals surface area (Å²) < 4.78 is 37.3. The Hall–Kier alpha value is -1.85. The van der Waals surface area contributed by atoms with Crippen molar-refractivity contribution in [1.29, 1.82) is 0 Å². The maximum absolute atomic E-state index is 12.4. The molecule has 3 nitrogen and oxygen atoms in total. The first-order chi connectivity index (χ1) is 7.36. The molecule has 0 radical (unpaired) electrons. The number of nitrogens with two attached hydrogens (primary N) is 1. The third-order valence-corrected chi connectivity index (χ3v) is 1.99. The fourth-order valence-electron chi connectivity index (χ4n) is 1.21. The topological polar surface area (TPSA) is 50.7 Å². The summed E-state index contributed by atoms with van der Waals surface area (Å²) in [5.74, 6) is 0. The van der Waals surface area contributed by atoms with Crippen LogP contribution in [0.1, 0.15) is 18.1 Å². The number of hydrogen-bond donors (Lipinski definition) is 1. The van der Waals surface area contributed by atoms with Gasteiger partial charge in [-0.2, -0.15) is 23.4 Å². The molecule has 86 valence electrons. The van der Waals surface area contributed by atoms with Crippen molar-refractivity contribution in [1.82, 2.24) is 0 Å². The highest BCUT2D eigenvalue weighted by Gasteiger charge is 2.31. The Bertz CT molecular complexity index is 435. The molecule has 2 N–H and O–H groups in total. The fraction of sp³-hybridized carbons (Fsp3) is 0.200. The van der Waals surface area contributed by atoms with Gasteiger partial charge in [0.05, 0.1) is 11.3 Å². The van der Waals surface area contributed by atoms with E-state index in [1.807, 2.05) is 0 Å². The second-order valence-corrected chi connectivity index (χ2v) is 3.13. The van der Waals surface area contributed by atoms with E-state index in [4.69, 9.17) is 5.73 Å². The third-order valence-electron chi connectivity index (χ3n) is 1.99. The molecule has 0 fully saturated rings. The van der Waals surface area contributed by atoms with Crippen LogP contribution < -0.4 is 5.73 Å². The van der Waals surface area contributed by atoms with Crippen molar-refractivity contribution >= 4 is 18.1 Å². The maximum Gasteiger partial charge on any atom is 0.416 e. The molecule has 0 aromatic heterocycles. The van der Waals surface area contributed by atoms with Gasteiger partial charge in [-0.05, 0) is 25.1 Å². The van der Waals surface area contributed by atoms with Crippen LogP contribution in [0.3, 0.4) is 0 Å². The minimum atomic E-state index is -4.40. The SMILES string of the molecule is C=N/N=C(/C)c1cc(C(F)(F)F)ccc1N. The van der Waals surface area contributed by atoms with Gasteiger partial charge < -0.3 is 5.73 Å². The molecule has 0 atom stereocenters. The normalized spacial score (nSPS) is 12.6. The van der Waals surface area contributed by atoms with Gasteiger partial charge in [-0.15, -0.1) is 0 Å². The second-order valence-electron chi connectivity index (χ2n) is 3.13. The number of benzene rings is 1. The molecule has 1 aromatic carbocycles. The minimum Gasteiger partial charge on any atom is -0.398 e. The van der Waals surface area contributed by atoms with Crippen LogP contribution in [0.4, 0.5) is 18.9 Å². The molecule has 0 amide bonds. The van der Waals surface area contributed by atoms with Crippen molar-refractivity contribution < 1.29 is 13.2 Å². The highest BCUT2D eigenvalue weighted by molar-refractivity contribution is 6.03. The van der Waals surface area contributed by atoms with Crippen molar-refractivity contribution in [2.24, 2.45) is 10.2 Å². The van der Waals surface area contributed by atoms with Gasteiger partial charge in [0.15, 0.2) is 0 Å². The molecule has 0 saturated carbocycles. The molecule has 0 bridgehead atoms. The lowest BCUT2D eigenvalue weighted by molar-refractivity contribution is -0.137. The van der Waals surface area contributed by atoms with E-state index in [9.17, 15) is 13.2 Å². The zero-order valence-electron chi connectivity index (χ0n) is 8.54. The van der Waals surface area contributed by atoms with Crippen LogP contribution in [0.25, 0.3) is 0 Å². The van der Waals surface area contributed by atoms with Crippen molar-refractivity contribution in [3.05, 3.63) is 29.3 Å². The van der Waals surface area contributed by atoms with E-state index in [0.717, 1.165) is 12.1 Å². The molecule has 0 aliphatic heterocycles. The first kappa shape index (κ1) is 12.2. The summed E-state index contributed by atoms with van der Waals surface area (Å²) in [6.45, 7) is 4.64. The highest BCUT2D eigenvalue weighted by atomic mass is 19.4. The van der Waals surface area contributed by atoms with Crippen LogP contribution in [0.15, 0.2) is 28.4 Å². The molecule has 16 heavy (non-hydrogen) atoms. The molecule has 1 rings (SSSR count). The van der Waals surface area contributed by atoms with Crippen molar-refractivity contribution in [3.63, 3.8) is 0 Å². The van der Waals surface area contributed by atoms with Gasteiger partial charge in [0.25, 0.3) is 0 Å². The zero-order chi connectivity index (χ0) is 12.3. The van der Waals surface area contributed by atoms with Gasteiger partial charge in [0.2, 0.25) is 0 Å². The number of hydrogen-bond acceptors (Lipinski definition) is 3. The van der Waals surface area contributed by atoms with Crippen LogP contribution in [0.5, 0.6) is 0 Å². The smallest absolute Gasteiger partial charge is 0.398 e. The summed E-state index contributed by atoms with van der Waals surface area (Å²) in [5.41, 5.74) is 5.51. The number of anilines is 1. The average molecular weight is 229 g/mol. The average Bonchev–Trinajstić information content (AvgIpc) is 2.16. The molecule has 0 spiro atoms. The van der Waals surface area contributed by atoms with E-state index < -0.39 is 11.7 Å². The number of alkyl halides is 3. The first-order valence-corrected chi connectivity index (χ1v) is 4.33. The summed E-state index contributed by atoms with van der Waals surface area (Å²) in [5, 5.41) is 6.81. The van der Waals surface area contributed by atoms with Crippen molar-refractivity contribution in [2.75, 3.05) is 5.73 Å². The van der Waals surface area contributed by atoms with E-state index in [2.05, 4.69) is 16.9 Å². The van der Waals surface area contributed by atoms with Gasteiger partial charge in [0, 0.05) is 18.0 Å². The van der Waals surface area contributed by atoms with E-state index in [1.54, 1.807) is 0 Å². The van der Waals surface area contributed by atoms with Gasteiger partial charge in [-0.3, -0.25) is 0 Å². The summed E-state index contributed by atoms with van der Waals surface area (Å²) in [7, 11) is 0. The summed E-state index contributed by atoms with van der Waals surface area (Å²) in [4.78, 5) is 0. The van der Waals surface area contributed by atoms with Crippen LogP contribution in [0, 0.1) is 0 Å². The predicted octanol–water partition coefficient (Wildman–Crippen LogP) is 2.71. The van der Waals surface area contributed by atoms with E-state index in [1.165, 1.54) is 13.0 Å². The Morgan fingerprint density at radius 1 is 1.38 bits per heavy atom. The monoisotopic (exact) mass is 229 g/mol. The van der Waals surface area contributed by atoms with Crippen LogP contribution in [-0.4, -0.2) is 12.4 Å². The fourth-order valence-corrected chi connectivity index (χ4v) is 1.21. The Balaban J connectivity index is 3.29. The van der Waals surface area contributed by atoms with Gasteiger partial charge >= 0.3 is 6.18 Å². The Labute approximate surface area is 90.5 Å². The summed E-state index contributed by atoms with van der Waals surface area (Å²) in [6, 6.07) is 3.06. The van der Waals surface area contributed by atoms with Crippen molar-refractivity contribution in [2.45, 2.75) is 13.1 Å².